The van der Waals surface area contributed by atoms with E-state index >= 15 is 0 Å². The Hall–Kier alpha value is -2.66. The molecule has 0 spiro atoms. The van der Waals surface area contributed by atoms with Crippen LogP contribution >= 0.6 is 0 Å². The first-order valence-corrected chi connectivity index (χ1v) is 7.91. The summed E-state index contributed by atoms with van der Waals surface area (Å²) < 4.78 is 10.6. The first kappa shape index (κ1) is 16.2. The molecule has 0 aliphatic carbocycles. The number of esters is 1. The van der Waals surface area contributed by atoms with Crippen molar-refractivity contribution in [1.82, 2.24) is 4.90 Å². The molecule has 5 heteroatoms. The van der Waals surface area contributed by atoms with Crippen LogP contribution in [0.5, 0.6) is 0 Å². The van der Waals surface area contributed by atoms with E-state index in [1.807, 2.05) is 48.5 Å². The minimum Gasteiger partial charge on any atom is -0.464 e. The molecular weight excluding hydrogens is 306 g/mol. The van der Waals surface area contributed by atoms with Gasteiger partial charge < -0.3 is 14.4 Å². The molecule has 3 rings (SSSR count). The largest absolute Gasteiger partial charge is 0.464 e. The molecule has 5 nitrogen and oxygen atoms in total. The van der Waals surface area contributed by atoms with E-state index in [0.717, 1.165) is 11.1 Å². The van der Waals surface area contributed by atoms with Crippen LogP contribution in [-0.2, 0) is 20.8 Å². The molecule has 2 aromatic carbocycles. The van der Waals surface area contributed by atoms with Crippen molar-refractivity contribution >= 4 is 11.9 Å². The second-order valence-corrected chi connectivity index (χ2v) is 5.47. The summed E-state index contributed by atoms with van der Waals surface area (Å²) in [5, 5.41) is 0. The molecule has 0 bridgehead atoms. The van der Waals surface area contributed by atoms with Gasteiger partial charge in [0.05, 0.1) is 6.61 Å². The Balaban J connectivity index is 1.82. The molecule has 0 fully saturated rings. The van der Waals surface area contributed by atoms with E-state index in [1.165, 1.54) is 0 Å². The number of nitrogens with zero attached hydrogens (tertiary/aromatic N) is 1. The van der Waals surface area contributed by atoms with Crippen LogP contribution in [0.2, 0.25) is 0 Å². The molecule has 1 aliphatic rings. The molecule has 2 aromatic rings. The van der Waals surface area contributed by atoms with Crippen LogP contribution in [-0.4, -0.2) is 30.0 Å². The zero-order chi connectivity index (χ0) is 16.9. The number of carbonyl (C=O) groups excluding carboxylic acids is 2. The second-order valence-electron chi connectivity index (χ2n) is 5.47. The zero-order valence-corrected chi connectivity index (χ0v) is 13.5. The maximum atomic E-state index is 12.7. The van der Waals surface area contributed by atoms with Gasteiger partial charge in [-0.1, -0.05) is 48.5 Å². The number of ether oxygens (including phenoxy) is 2. The average molecular weight is 325 g/mol. The van der Waals surface area contributed by atoms with Crippen molar-refractivity contribution in [1.29, 1.82) is 0 Å². The van der Waals surface area contributed by atoms with Gasteiger partial charge >= 0.3 is 5.97 Å². The van der Waals surface area contributed by atoms with Gasteiger partial charge in [-0.2, -0.15) is 0 Å². The smallest absolute Gasteiger partial charge is 0.332 e. The van der Waals surface area contributed by atoms with Gasteiger partial charge in [-0.15, -0.1) is 0 Å². The summed E-state index contributed by atoms with van der Waals surface area (Å²) in [4.78, 5) is 26.0. The average Bonchev–Trinajstić information content (AvgIpc) is 2.87. The fourth-order valence-corrected chi connectivity index (χ4v) is 2.80. The number of rotatable bonds is 6. The quantitative estimate of drug-likeness (QED) is 0.766. The van der Waals surface area contributed by atoms with Crippen LogP contribution in [0.15, 0.2) is 54.6 Å². The molecule has 1 aliphatic heterocycles. The van der Waals surface area contributed by atoms with Gasteiger partial charge in [0.15, 0.2) is 6.23 Å². The van der Waals surface area contributed by atoms with Crippen molar-refractivity contribution in [2.75, 3.05) is 13.2 Å². The van der Waals surface area contributed by atoms with Crippen LogP contribution in [0.1, 0.15) is 34.6 Å². The van der Waals surface area contributed by atoms with Crippen LogP contribution in [0.25, 0.3) is 0 Å². The Bertz CT molecular complexity index is 729. The predicted octanol–water partition coefficient (Wildman–Crippen LogP) is 2.92. The Morgan fingerprint density at radius 1 is 1.08 bits per heavy atom. The highest BCUT2D eigenvalue weighted by molar-refractivity contribution is 5.98. The Morgan fingerprint density at radius 2 is 1.79 bits per heavy atom. The third-order valence-corrected chi connectivity index (χ3v) is 3.86. The van der Waals surface area contributed by atoms with E-state index in [0.29, 0.717) is 18.7 Å². The third kappa shape index (κ3) is 3.31. The van der Waals surface area contributed by atoms with Gasteiger partial charge in [0.1, 0.15) is 6.61 Å². The minimum absolute atomic E-state index is 0.0942. The molecule has 1 unspecified atom stereocenters. The Morgan fingerprint density at radius 3 is 2.54 bits per heavy atom. The maximum absolute atomic E-state index is 12.7. The van der Waals surface area contributed by atoms with E-state index in [2.05, 4.69) is 0 Å². The van der Waals surface area contributed by atoms with Crippen molar-refractivity contribution in [2.45, 2.75) is 19.7 Å². The predicted molar refractivity (Wildman–Crippen MR) is 88.1 cm³/mol. The van der Waals surface area contributed by atoms with Crippen LogP contribution < -0.4 is 0 Å². The summed E-state index contributed by atoms with van der Waals surface area (Å²) in [5.41, 5.74) is 2.40. The Kier molecular flexibility index (Phi) is 4.91. The monoisotopic (exact) mass is 325 g/mol. The summed E-state index contributed by atoms with van der Waals surface area (Å²) in [7, 11) is 0. The van der Waals surface area contributed by atoms with E-state index < -0.39 is 12.2 Å². The van der Waals surface area contributed by atoms with Crippen molar-refractivity contribution in [2.24, 2.45) is 0 Å². The lowest BCUT2D eigenvalue weighted by molar-refractivity contribution is -0.154. The number of carbonyl (C=O) groups is 2. The lowest BCUT2D eigenvalue weighted by Crippen LogP contribution is -2.30. The van der Waals surface area contributed by atoms with Crippen LogP contribution in [0.4, 0.5) is 0 Å². The number of benzene rings is 2. The molecule has 0 radical (unpaired) electrons. The summed E-state index contributed by atoms with van der Waals surface area (Å²) in [5.74, 6) is -0.530. The molecule has 1 amide bonds. The number of hydrogen-bond acceptors (Lipinski definition) is 4. The fourth-order valence-electron chi connectivity index (χ4n) is 2.80. The summed E-state index contributed by atoms with van der Waals surface area (Å²) in [6.07, 6.45) is -0.585. The number of amides is 1. The molecule has 0 saturated carbocycles. The lowest BCUT2D eigenvalue weighted by atomic mass is 10.1. The van der Waals surface area contributed by atoms with Gasteiger partial charge in [0.25, 0.3) is 5.91 Å². The lowest BCUT2D eigenvalue weighted by Gasteiger charge is -2.25. The standard InChI is InChI=1S/C19H19NO4/c1-2-23-17(21)13-24-19-16-11-7-6-10-15(16)18(22)20(19)12-14-8-4-3-5-9-14/h3-11,19H,2,12-13H2,1H3. The Labute approximate surface area is 140 Å². The van der Waals surface area contributed by atoms with Crippen molar-refractivity contribution in [3.8, 4) is 0 Å². The van der Waals surface area contributed by atoms with Gasteiger partial charge in [-0.05, 0) is 18.6 Å². The molecule has 124 valence electrons. The third-order valence-electron chi connectivity index (χ3n) is 3.86. The van der Waals surface area contributed by atoms with Crippen molar-refractivity contribution < 1.29 is 19.1 Å². The van der Waals surface area contributed by atoms with Crippen molar-refractivity contribution in [3.63, 3.8) is 0 Å². The zero-order valence-electron chi connectivity index (χ0n) is 13.5. The minimum atomic E-state index is -0.585. The van der Waals surface area contributed by atoms with Gasteiger partial charge in [-0.3, -0.25) is 4.79 Å². The molecule has 0 N–H and O–H groups in total. The summed E-state index contributed by atoms with van der Waals surface area (Å²) >= 11 is 0. The highest BCUT2D eigenvalue weighted by atomic mass is 16.6. The summed E-state index contributed by atoms with van der Waals surface area (Å²) in [6.45, 7) is 2.28. The van der Waals surface area contributed by atoms with Gasteiger partial charge in [-0.25, -0.2) is 4.79 Å². The topological polar surface area (TPSA) is 55.8 Å². The van der Waals surface area contributed by atoms with Crippen LogP contribution in [0, 0.1) is 0 Å². The maximum Gasteiger partial charge on any atom is 0.332 e. The van der Waals surface area contributed by atoms with E-state index in [9.17, 15) is 9.59 Å². The van der Waals surface area contributed by atoms with Crippen molar-refractivity contribution in [3.05, 3.63) is 71.3 Å². The van der Waals surface area contributed by atoms with Crippen LogP contribution in [0.3, 0.4) is 0 Å². The highest BCUT2D eigenvalue weighted by Gasteiger charge is 2.37. The molecule has 0 aromatic heterocycles. The molecular formula is C19H19NO4. The molecule has 0 saturated heterocycles. The second kappa shape index (κ2) is 7.27. The normalized spacial score (nSPS) is 16.1. The summed E-state index contributed by atoms with van der Waals surface area (Å²) in [6, 6.07) is 17.0. The van der Waals surface area contributed by atoms with E-state index in [1.54, 1.807) is 17.9 Å². The highest BCUT2D eigenvalue weighted by Crippen LogP contribution is 2.35. The van der Waals surface area contributed by atoms with E-state index in [4.69, 9.17) is 9.47 Å². The first-order valence-electron chi connectivity index (χ1n) is 7.91. The van der Waals surface area contributed by atoms with E-state index in [-0.39, 0.29) is 12.5 Å². The first-order chi connectivity index (χ1) is 11.7. The molecule has 1 atom stereocenters. The molecule has 24 heavy (non-hydrogen) atoms. The number of hydrogen-bond donors (Lipinski definition) is 0. The molecule has 1 heterocycles. The fraction of sp³-hybridized carbons (Fsp3) is 0.263. The number of fused-ring (bicyclic) bond motifs is 1. The van der Waals surface area contributed by atoms with Gasteiger partial charge in [0, 0.05) is 17.7 Å². The SMILES string of the molecule is CCOC(=O)COC1c2ccccc2C(=O)N1Cc1ccccc1. The van der Waals surface area contributed by atoms with Gasteiger partial charge in [0.2, 0.25) is 0 Å².